The normalized spacial score (nSPS) is 28.7. The molecule has 0 spiro atoms. The smallest absolute Gasteiger partial charge is 0.223 e. The van der Waals surface area contributed by atoms with Crippen LogP contribution in [0.5, 0.6) is 0 Å². The van der Waals surface area contributed by atoms with Crippen LogP contribution < -0.4 is 0 Å². The Labute approximate surface area is 111 Å². The van der Waals surface area contributed by atoms with Gasteiger partial charge in [-0.3, -0.25) is 9.69 Å². The van der Waals surface area contributed by atoms with Gasteiger partial charge in [-0.25, -0.2) is 0 Å². The molecule has 0 N–H and O–H groups in total. The first kappa shape index (κ1) is 13.3. The fourth-order valence-electron chi connectivity index (χ4n) is 2.48. The lowest BCUT2D eigenvalue weighted by Gasteiger charge is -2.33. The lowest BCUT2D eigenvalue weighted by Crippen LogP contribution is -2.43. The van der Waals surface area contributed by atoms with Gasteiger partial charge in [-0.2, -0.15) is 0 Å². The summed E-state index contributed by atoms with van der Waals surface area (Å²) in [5.74, 6) is 0.293. The summed E-state index contributed by atoms with van der Waals surface area (Å²) in [6, 6.07) is 0.543. The molecule has 2 aliphatic heterocycles. The number of rotatable bonds is 4. The van der Waals surface area contributed by atoms with Gasteiger partial charge in [0.05, 0.1) is 13.2 Å². The first-order chi connectivity index (χ1) is 8.16. The van der Waals surface area contributed by atoms with Gasteiger partial charge in [-0.15, -0.1) is 0 Å². The maximum atomic E-state index is 11.6. The molecular weight excluding hydrogens is 284 g/mol. The standard InChI is InChI=1S/C12H21BrN2O2/c1-10(14-4-6-17-7-5-14)2-3-15-9-11(13)8-12(15)16/h10-11H,2-9H2,1H3. The van der Waals surface area contributed by atoms with Crippen LogP contribution in [0.4, 0.5) is 0 Å². The molecule has 98 valence electrons. The van der Waals surface area contributed by atoms with Crippen molar-refractivity contribution in [2.75, 3.05) is 39.4 Å². The highest BCUT2D eigenvalue weighted by Gasteiger charge is 2.28. The van der Waals surface area contributed by atoms with Gasteiger partial charge in [0, 0.05) is 43.5 Å². The predicted molar refractivity (Wildman–Crippen MR) is 70.4 cm³/mol. The number of ether oxygens (including phenoxy) is 1. The molecule has 0 bridgehead atoms. The van der Waals surface area contributed by atoms with E-state index in [0.29, 0.717) is 23.2 Å². The minimum Gasteiger partial charge on any atom is -0.379 e. The zero-order chi connectivity index (χ0) is 12.3. The molecule has 0 aromatic carbocycles. The van der Waals surface area contributed by atoms with Crippen LogP contribution in [0.3, 0.4) is 0 Å². The van der Waals surface area contributed by atoms with Gasteiger partial charge in [0.25, 0.3) is 0 Å². The average Bonchev–Trinajstić information content (AvgIpc) is 2.66. The Balaban J connectivity index is 1.72. The fourth-order valence-corrected chi connectivity index (χ4v) is 3.11. The molecule has 0 aliphatic carbocycles. The van der Waals surface area contributed by atoms with E-state index in [2.05, 4.69) is 27.8 Å². The highest BCUT2D eigenvalue weighted by molar-refractivity contribution is 9.09. The summed E-state index contributed by atoms with van der Waals surface area (Å²) >= 11 is 3.51. The van der Waals surface area contributed by atoms with Crippen LogP contribution >= 0.6 is 15.9 Å². The summed E-state index contributed by atoms with van der Waals surface area (Å²) in [7, 11) is 0. The second kappa shape index (κ2) is 6.16. The number of nitrogens with zero attached hydrogens (tertiary/aromatic N) is 2. The van der Waals surface area contributed by atoms with Gasteiger partial charge in [0.15, 0.2) is 0 Å². The molecule has 2 saturated heterocycles. The maximum Gasteiger partial charge on any atom is 0.223 e. The van der Waals surface area contributed by atoms with Crippen LogP contribution in [0.1, 0.15) is 19.8 Å². The van der Waals surface area contributed by atoms with Gasteiger partial charge in [-0.05, 0) is 13.3 Å². The summed E-state index contributed by atoms with van der Waals surface area (Å²) in [6.45, 7) is 7.74. The quantitative estimate of drug-likeness (QED) is 0.729. The van der Waals surface area contributed by atoms with E-state index in [1.54, 1.807) is 0 Å². The number of likely N-dealkylation sites (tertiary alicyclic amines) is 1. The summed E-state index contributed by atoms with van der Waals surface area (Å²) in [4.78, 5) is 16.4. The van der Waals surface area contributed by atoms with Gasteiger partial charge < -0.3 is 9.64 Å². The van der Waals surface area contributed by atoms with Crippen LogP contribution in [0, 0.1) is 0 Å². The van der Waals surface area contributed by atoms with Crippen LogP contribution in [0.15, 0.2) is 0 Å². The van der Waals surface area contributed by atoms with E-state index in [0.717, 1.165) is 45.8 Å². The number of carbonyl (C=O) groups is 1. The molecular formula is C12H21BrN2O2. The number of hydrogen-bond donors (Lipinski definition) is 0. The lowest BCUT2D eigenvalue weighted by molar-refractivity contribution is -0.127. The SMILES string of the molecule is CC(CCN1CC(Br)CC1=O)N1CCOCC1. The first-order valence-electron chi connectivity index (χ1n) is 6.40. The molecule has 2 rings (SSSR count). The highest BCUT2D eigenvalue weighted by atomic mass is 79.9. The molecule has 0 aromatic rings. The van der Waals surface area contributed by atoms with E-state index >= 15 is 0 Å². The molecule has 0 aromatic heterocycles. The largest absolute Gasteiger partial charge is 0.379 e. The van der Waals surface area contributed by atoms with Crippen LogP contribution in [0.25, 0.3) is 0 Å². The number of hydrogen-bond acceptors (Lipinski definition) is 3. The molecule has 2 fully saturated rings. The second-order valence-electron chi connectivity index (χ2n) is 4.93. The maximum absolute atomic E-state index is 11.6. The molecule has 2 unspecified atom stereocenters. The third-order valence-electron chi connectivity index (χ3n) is 3.65. The fraction of sp³-hybridized carbons (Fsp3) is 0.917. The summed E-state index contributed by atoms with van der Waals surface area (Å²) in [6.07, 6.45) is 1.72. The van der Waals surface area contributed by atoms with E-state index in [-0.39, 0.29) is 0 Å². The van der Waals surface area contributed by atoms with Gasteiger partial charge >= 0.3 is 0 Å². The van der Waals surface area contributed by atoms with Gasteiger partial charge in [0.1, 0.15) is 0 Å². The molecule has 1 amide bonds. The van der Waals surface area contributed by atoms with Crippen molar-refractivity contribution in [2.45, 2.75) is 30.6 Å². The summed E-state index contributed by atoms with van der Waals surface area (Å²) in [5.41, 5.74) is 0. The van der Waals surface area contributed by atoms with Crippen molar-refractivity contribution in [2.24, 2.45) is 0 Å². The average molecular weight is 305 g/mol. The lowest BCUT2D eigenvalue weighted by atomic mass is 10.2. The minimum absolute atomic E-state index is 0.293. The Bertz CT molecular complexity index is 269. The Hall–Kier alpha value is -0.130. The molecule has 0 saturated carbocycles. The third kappa shape index (κ3) is 3.66. The van der Waals surface area contributed by atoms with Crippen LogP contribution in [-0.2, 0) is 9.53 Å². The number of morpholine rings is 1. The Morgan fingerprint density at radius 2 is 2.18 bits per heavy atom. The molecule has 2 atom stereocenters. The molecule has 2 aliphatic rings. The van der Waals surface area contributed by atoms with Crippen LogP contribution in [0.2, 0.25) is 0 Å². The van der Waals surface area contributed by atoms with E-state index in [1.165, 1.54) is 0 Å². The number of halogens is 1. The predicted octanol–water partition coefficient (Wildman–Crippen LogP) is 1.09. The molecule has 4 nitrogen and oxygen atoms in total. The monoisotopic (exact) mass is 304 g/mol. The third-order valence-corrected chi connectivity index (χ3v) is 4.27. The van der Waals surface area contributed by atoms with Crippen molar-refractivity contribution in [1.82, 2.24) is 9.80 Å². The minimum atomic E-state index is 0.293. The van der Waals surface area contributed by atoms with Crippen molar-refractivity contribution in [3.8, 4) is 0 Å². The van der Waals surface area contributed by atoms with E-state index in [4.69, 9.17) is 4.74 Å². The topological polar surface area (TPSA) is 32.8 Å². The van der Waals surface area contributed by atoms with Gasteiger partial charge in [0.2, 0.25) is 5.91 Å². The Morgan fingerprint density at radius 1 is 1.47 bits per heavy atom. The molecule has 5 heteroatoms. The van der Waals surface area contributed by atoms with E-state index in [9.17, 15) is 4.79 Å². The van der Waals surface area contributed by atoms with Crippen molar-refractivity contribution < 1.29 is 9.53 Å². The number of alkyl halides is 1. The van der Waals surface area contributed by atoms with E-state index in [1.807, 2.05) is 4.90 Å². The van der Waals surface area contributed by atoms with Crippen molar-refractivity contribution in [1.29, 1.82) is 0 Å². The summed E-state index contributed by atoms with van der Waals surface area (Å²) < 4.78 is 5.35. The second-order valence-corrected chi connectivity index (χ2v) is 6.22. The van der Waals surface area contributed by atoms with E-state index < -0.39 is 0 Å². The Morgan fingerprint density at radius 3 is 2.76 bits per heavy atom. The molecule has 2 heterocycles. The Kier molecular flexibility index (Phi) is 4.82. The number of amides is 1. The summed E-state index contributed by atoms with van der Waals surface area (Å²) in [5, 5.41) is 0. The number of carbonyl (C=O) groups excluding carboxylic acids is 1. The van der Waals surface area contributed by atoms with Crippen molar-refractivity contribution in [3.05, 3.63) is 0 Å². The zero-order valence-corrected chi connectivity index (χ0v) is 12.0. The first-order valence-corrected chi connectivity index (χ1v) is 7.32. The van der Waals surface area contributed by atoms with Crippen molar-refractivity contribution >= 4 is 21.8 Å². The highest BCUT2D eigenvalue weighted by Crippen LogP contribution is 2.19. The zero-order valence-electron chi connectivity index (χ0n) is 10.4. The van der Waals surface area contributed by atoms with Crippen LogP contribution in [-0.4, -0.2) is 66.0 Å². The molecule has 17 heavy (non-hydrogen) atoms. The molecule has 0 radical (unpaired) electrons. The van der Waals surface area contributed by atoms with Crippen molar-refractivity contribution in [3.63, 3.8) is 0 Å². The van der Waals surface area contributed by atoms with Gasteiger partial charge in [-0.1, -0.05) is 15.9 Å².